The maximum atomic E-state index is 11.2. The van der Waals surface area contributed by atoms with Crippen LogP contribution < -0.4 is 16.6 Å². The van der Waals surface area contributed by atoms with Crippen LogP contribution in [0.5, 0.6) is 0 Å². The van der Waals surface area contributed by atoms with Gasteiger partial charge in [0.05, 0.1) is 6.42 Å². The monoisotopic (exact) mass is 409 g/mol. The highest BCUT2D eigenvalue weighted by Crippen LogP contribution is 2.09. The third kappa shape index (κ3) is 10.6. The second kappa shape index (κ2) is 12.0. The molecule has 4 N–H and O–H groups in total. The third-order valence-electron chi connectivity index (χ3n) is 3.44. The van der Waals surface area contributed by atoms with E-state index in [4.69, 9.17) is 5.84 Å². The van der Waals surface area contributed by atoms with E-state index in [1.54, 1.807) is 12.1 Å². The van der Waals surface area contributed by atoms with Crippen molar-refractivity contribution in [1.82, 2.24) is 5.43 Å². The first-order valence-electron chi connectivity index (χ1n) is 9.22. The van der Waals surface area contributed by atoms with Gasteiger partial charge in [0, 0.05) is 23.7 Å². The Morgan fingerprint density at radius 2 is 1.50 bits per heavy atom. The number of benzene rings is 2. The number of rotatable bonds is 4. The summed E-state index contributed by atoms with van der Waals surface area (Å²) in [6.45, 7) is 7.39. The first-order valence-corrected chi connectivity index (χ1v) is 9.22. The van der Waals surface area contributed by atoms with Crippen molar-refractivity contribution in [2.75, 3.05) is 5.32 Å². The van der Waals surface area contributed by atoms with E-state index in [2.05, 4.69) is 27.3 Å². The molecule has 158 valence electrons. The molecule has 2 aromatic rings. The molecule has 0 bridgehead atoms. The topological polar surface area (TPSA) is 111 Å². The quantitative estimate of drug-likeness (QED) is 0.236. The van der Waals surface area contributed by atoms with Gasteiger partial charge in [-0.1, -0.05) is 24.0 Å². The van der Waals surface area contributed by atoms with Gasteiger partial charge in [0.2, 0.25) is 11.8 Å². The molecule has 0 spiro atoms. The number of anilines is 1. The number of hydrazine groups is 1. The van der Waals surface area contributed by atoms with E-state index < -0.39 is 0 Å². The van der Waals surface area contributed by atoms with Gasteiger partial charge in [0.25, 0.3) is 6.47 Å². The number of carbonyl (C=O) groups is 3. The average Bonchev–Trinajstić information content (AvgIpc) is 2.67. The van der Waals surface area contributed by atoms with Gasteiger partial charge < -0.3 is 10.1 Å². The Hall–Kier alpha value is -3.63. The van der Waals surface area contributed by atoms with Gasteiger partial charge in [-0.15, -0.1) is 0 Å². The van der Waals surface area contributed by atoms with Gasteiger partial charge in [-0.3, -0.25) is 19.8 Å². The average molecular weight is 409 g/mol. The molecule has 0 fully saturated rings. The van der Waals surface area contributed by atoms with Crippen LogP contribution >= 0.6 is 0 Å². The molecule has 2 aromatic carbocycles. The van der Waals surface area contributed by atoms with E-state index in [1.807, 2.05) is 57.2 Å². The zero-order valence-corrected chi connectivity index (χ0v) is 17.6. The minimum Gasteiger partial charge on any atom is -0.462 e. The molecule has 0 aliphatic rings. The number of nitrogens with two attached hydrogens (primary N) is 1. The number of hydrogen-bond donors (Lipinski definition) is 3. The molecule has 0 heterocycles. The smallest absolute Gasteiger partial charge is 0.293 e. The zero-order valence-electron chi connectivity index (χ0n) is 17.6. The second-order valence-corrected chi connectivity index (χ2v) is 7.28. The molecule has 30 heavy (non-hydrogen) atoms. The first kappa shape index (κ1) is 24.4. The van der Waals surface area contributed by atoms with Crippen LogP contribution in [-0.4, -0.2) is 23.9 Å². The maximum absolute atomic E-state index is 11.2. The van der Waals surface area contributed by atoms with Crippen LogP contribution in [0.2, 0.25) is 0 Å². The van der Waals surface area contributed by atoms with Crippen molar-refractivity contribution in [3.8, 4) is 11.8 Å². The summed E-state index contributed by atoms with van der Waals surface area (Å²) in [5.41, 5.74) is 5.10. The van der Waals surface area contributed by atoms with Crippen LogP contribution in [0.15, 0.2) is 48.5 Å². The van der Waals surface area contributed by atoms with Crippen molar-refractivity contribution < 1.29 is 19.1 Å². The fourth-order valence-corrected chi connectivity index (χ4v) is 2.07. The molecule has 2 rings (SSSR count). The molecular formula is C23H27N3O4. The van der Waals surface area contributed by atoms with Crippen molar-refractivity contribution in [3.63, 3.8) is 0 Å². The Balaban J connectivity index is 0.000000553. The van der Waals surface area contributed by atoms with E-state index in [-0.39, 0.29) is 23.8 Å². The standard InChI is InChI=1S/C18H17N3O2.C5H10O2/c1-13(22)20-17-10-8-15(9-11-17)3-2-14-4-6-16(7-5-14)12-18(23)21-19;1-5(2,3)7-4-6/h4-11H,12,19H2,1H3,(H,20,22)(H,21,23);4H,1-3H3. The lowest BCUT2D eigenvalue weighted by Crippen LogP contribution is -2.31. The maximum Gasteiger partial charge on any atom is 0.293 e. The molecule has 0 atom stereocenters. The zero-order chi connectivity index (χ0) is 22.6. The Morgan fingerprint density at radius 3 is 1.87 bits per heavy atom. The van der Waals surface area contributed by atoms with Gasteiger partial charge in [0.15, 0.2) is 0 Å². The predicted molar refractivity (Wildman–Crippen MR) is 116 cm³/mol. The molecule has 0 aliphatic heterocycles. The molecular weight excluding hydrogens is 382 g/mol. The normalized spacial score (nSPS) is 9.77. The number of ether oxygens (including phenoxy) is 1. The molecule has 2 amide bonds. The van der Waals surface area contributed by atoms with Crippen LogP contribution in [0.1, 0.15) is 44.4 Å². The Kier molecular flexibility index (Phi) is 9.80. The highest BCUT2D eigenvalue weighted by molar-refractivity contribution is 5.88. The lowest BCUT2D eigenvalue weighted by molar-refractivity contribution is -0.138. The van der Waals surface area contributed by atoms with E-state index in [1.165, 1.54) is 6.92 Å². The summed E-state index contributed by atoms with van der Waals surface area (Å²) in [7, 11) is 0. The minimum absolute atomic E-state index is 0.104. The third-order valence-corrected chi connectivity index (χ3v) is 3.44. The van der Waals surface area contributed by atoms with Gasteiger partial charge in [0.1, 0.15) is 5.60 Å². The number of nitrogens with one attached hydrogen (secondary N) is 2. The van der Waals surface area contributed by atoms with E-state index in [0.717, 1.165) is 22.4 Å². The second-order valence-electron chi connectivity index (χ2n) is 7.28. The van der Waals surface area contributed by atoms with Crippen molar-refractivity contribution in [2.45, 2.75) is 39.7 Å². The number of carbonyl (C=O) groups excluding carboxylic acids is 3. The molecule has 7 nitrogen and oxygen atoms in total. The number of amides is 2. The summed E-state index contributed by atoms with van der Waals surface area (Å²) in [5.74, 6) is 10.8. The van der Waals surface area contributed by atoms with Crippen molar-refractivity contribution in [2.24, 2.45) is 5.84 Å². The summed E-state index contributed by atoms with van der Waals surface area (Å²) in [5, 5.41) is 2.70. The van der Waals surface area contributed by atoms with E-state index in [0.29, 0.717) is 6.47 Å². The van der Waals surface area contributed by atoms with Gasteiger partial charge >= 0.3 is 0 Å². The van der Waals surface area contributed by atoms with E-state index in [9.17, 15) is 14.4 Å². The van der Waals surface area contributed by atoms with E-state index >= 15 is 0 Å². The van der Waals surface area contributed by atoms with Gasteiger partial charge in [-0.2, -0.15) is 0 Å². The highest BCUT2D eigenvalue weighted by Gasteiger charge is 2.07. The molecule has 0 saturated carbocycles. The minimum atomic E-state index is -0.318. The van der Waals surface area contributed by atoms with Crippen molar-refractivity contribution in [3.05, 3.63) is 65.2 Å². The Bertz CT molecular complexity index is 903. The van der Waals surface area contributed by atoms with Crippen molar-refractivity contribution in [1.29, 1.82) is 0 Å². The lowest BCUT2D eigenvalue weighted by Gasteiger charge is -2.14. The van der Waals surface area contributed by atoms with Crippen LogP contribution in [0, 0.1) is 11.8 Å². The molecule has 0 saturated heterocycles. The van der Waals surface area contributed by atoms with Crippen LogP contribution in [0.4, 0.5) is 5.69 Å². The molecule has 0 aromatic heterocycles. The first-order chi connectivity index (χ1) is 14.1. The van der Waals surface area contributed by atoms with Crippen LogP contribution in [0.25, 0.3) is 0 Å². The summed E-state index contributed by atoms with van der Waals surface area (Å²) in [4.78, 5) is 31.7. The summed E-state index contributed by atoms with van der Waals surface area (Å²) in [6, 6.07) is 14.7. The molecule has 7 heteroatoms. The fourth-order valence-electron chi connectivity index (χ4n) is 2.07. The SMILES string of the molecule is CC(=O)Nc1ccc(C#Cc2ccc(CC(=O)NN)cc2)cc1.CC(C)(C)OC=O. The summed E-state index contributed by atoms with van der Waals surface area (Å²) in [6.07, 6.45) is 0.245. The molecule has 0 radical (unpaired) electrons. The summed E-state index contributed by atoms with van der Waals surface area (Å²) < 4.78 is 4.55. The van der Waals surface area contributed by atoms with Crippen LogP contribution in [0.3, 0.4) is 0 Å². The summed E-state index contributed by atoms with van der Waals surface area (Å²) >= 11 is 0. The van der Waals surface area contributed by atoms with Crippen molar-refractivity contribution >= 4 is 24.0 Å². The largest absolute Gasteiger partial charge is 0.462 e. The molecule has 0 aliphatic carbocycles. The van der Waals surface area contributed by atoms with Gasteiger partial charge in [-0.25, -0.2) is 5.84 Å². The predicted octanol–water partition coefficient (Wildman–Crippen LogP) is 2.54. The van der Waals surface area contributed by atoms with Crippen LogP contribution in [-0.2, 0) is 25.5 Å². The fraction of sp³-hybridized carbons (Fsp3) is 0.261. The highest BCUT2D eigenvalue weighted by atomic mass is 16.5. The number of hydrogen-bond acceptors (Lipinski definition) is 5. The lowest BCUT2D eigenvalue weighted by atomic mass is 10.1. The van der Waals surface area contributed by atoms with Gasteiger partial charge in [-0.05, 0) is 62.7 Å². The Labute approximate surface area is 177 Å². The molecule has 0 unspecified atom stereocenters. The Morgan fingerprint density at radius 1 is 1.00 bits per heavy atom.